The molecular weight excluding hydrogens is 462 g/mol. The van der Waals surface area contributed by atoms with Gasteiger partial charge in [-0.05, 0) is 67.1 Å². The number of urea groups is 1. The van der Waals surface area contributed by atoms with Crippen LogP contribution in [0, 0.1) is 0 Å². The molecule has 1 heterocycles. The van der Waals surface area contributed by atoms with Crippen molar-refractivity contribution >= 4 is 41.2 Å². The normalized spacial score (nSPS) is 14.4. The van der Waals surface area contributed by atoms with Gasteiger partial charge in [-0.2, -0.15) is 0 Å². The van der Waals surface area contributed by atoms with E-state index >= 15 is 0 Å². The second kappa shape index (κ2) is 11.0. The van der Waals surface area contributed by atoms with Crippen LogP contribution in [0.25, 0.3) is 6.08 Å². The number of hydrogen-bond acceptors (Lipinski definition) is 6. The van der Waals surface area contributed by atoms with E-state index in [1.807, 2.05) is 25.1 Å². The van der Waals surface area contributed by atoms with Crippen molar-refractivity contribution in [1.29, 1.82) is 0 Å². The molecule has 3 aromatic carbocycles. The minimum Gasteiger partial charge on any atom is -0.494 e. The zero-order chi connectivity index (χ0) is 25.5. The number of barbiturate groups is 1. The third-order valence-electron chi connectivity index (χ3n) is 5.13. The number of imide groups is 2. The lowest BCUT2D eigenvalue weighted by atomic mass is 10.1. The number of rotatable bonds is 8. The molecule has 0 radical (unpaired) electrons. The molecule has 0 aromatic heterocycles. The quantitative estimate of drug-likeness (QED) is 0.371. The molecule has 182 valence electrons. The van der Waals surface area contributed by atoms with Gasteiger partial charge in [0.1, 0.15) is 17.1 Å². The maximum Gasteiger partial charge on any atom is 0.335 e. The smallest absolute Gasteiger partial charge is 0.335 e. The van der Waals surface area contributed by atoms with Crippen LogP contribution in [0.3, 0.4) is 0 Å². The Bertz CT molecular complexity index is 1300. The third-order valence-corrected chi connectivity index (χ3v) is 5.13. The fourth-order valence-electron chi connectivity index (χ4n) is 3.44. The van der Waals surface area contributed by atoms with Crippen molar-refractivity contribution in [3.63, 3.8) is 0 Å². The molecule has 0 aliphatic carbocycles. The summed E-state index contributed by atoms with van der Waals surface area (Å²) in [5.41, 5.74) is 1.31. The first kappa shape index (κ1) is 24.2. The lowest BCUT2D eigenvalue weighted by Gasteiger charge is -2.26. The average molecular weight is 485 g/mol. The number of anilines is 2. The number of para-hydroxylation sites is 1. The summed E-state index contributed by atoms with van der Waals surface area (Å²) in [5.74, 6) is -0.810. The first-order valence-corrected chi connectivity index (χ1v) is 11.2. The molecule has 0 saturated carbocycles. The van der Waals surface area contributed by atoms with Crippen LogP contribution in [0.2, 0.25) is 0 Å². The minimum atomic E-state index is -0.830. The van der Waals surface area contributed by atoms with E-state index in [4.69, 9.17) is 9.47 Å². The van der Waals surface area contributed by atoms with Crippen LogP contribution in [0.5, 0.6) is 11.5 Å². The van der Waals surface area contributed by atoms with Crippen molar-refractivity contribution in [3.05, 3.63) is 90.0 Å². The number of nitrogens with zero attached hydrogens (tertiary/aromatic N) is 1. The second-order valence-electron chi connectivity index (χ2n) is 7.66. The van der Waals surface area contributed by atoms with Gasteiger partial charge in [0, 0.05) is 5.69 Å². The summed E-state index contributed by atoms with van der Waals surface area (Å²) in [6.07, 6.45) is 1.39. The predicted molar refractivity (Wildman–Crippen MR) is 134 cm³/mol. The van der Waals surface area contributed by atoms with Gasteiger partial charge >= 0.3 is 6.03 Å². The van der Waals surface area contributed by atoms with E-state index in [-0.39, 0.29) is 18.1 Å². The van der Waals surface area contributed by atoms with Crippen LogP contribution in [-0.2, 0) is 14.4 Å². The minimum absolute atomic E-state index is 0.185. The van der Waals surface area contributed by atoms with Crippen molar-refractivity contribution in [2.24, 2.45) is 0 Å². The molecule has 9 nitrogen and oxygen atoms in total. The lowest BCUT2D eigenvalue weighted by molar-refractivity contribution is -0.122. The first-order valence-electron chi connectivity index (χ1n) is 11.2. The van der Waals surface area contributed by atoms with Crippen LogP contribution in [0.4, 0.5) is 16.2 Å². The van der Waals surface area contributed by atoms with Crippen molar-refractivity contribution < 1.29 is 28.7 Å². The Morgan fingerprint density at radius 1 is 0.889 bits per heavy atom. The van der Waals surface area contributed by atoms with Gasteiger partial charge in [0.05, 0.1) is 12.3 Å². The number of carbonyl (C=O) groups is 4. The molecule has 36 heavy (non-hydrogen) atoms. The van der Waals surface area contributed by atoms with Gasteiger partial charge in [-0.1, -0.05) is 30.3 Å². The highest BCUT2D eigenvalue weighted by atomic mass is 16.5. The molecule has 3 aromatic rings. The molecule has 5 amide bonds. The van der Waals surface area contributed by atoms with Gasteiger partial charge in [0.25, 0.3) is 17.7 Å². The highest BCUT2D eigenvalue weighted by Crippen LogP contribution is 2.25. The highest BCUT2D eigenvalue weighted by molar-refractivity contribution is 6.39. The summed E-state index contributed by atoms with van der Waals surface area (Å²) in [5, 5.41) is 4.91. The number of benzene rings is 3. The Morgan fingerprint density at radius 2 is 1.53 bits per heavy atom. The molecule has 1 saturated heterocycles. The largest absolute Gasteiger partial charge is 0.494 e. The molecule has 0 bridgehead atoms. The van der Waals surface area contributed by atoms with E-state index in [0.717, 1.165) is 4.90 Å². The standard InChI is InChI=1S/C27H23N3O6/c1-2-35-21-14-10-20(11-15-21)30-26(33)23(25(32)29-27(30)34)16-18-8-12-22(13-9-18)36-17-24(31)28-19-6-4-3-5-7-19/h3-16H,2,17H2,1H3,(H,28,31)(H,29,32,34)/b23-16+. The Hall–Kier alpha value is -4.92. The fourth-order valence-corrected chi connectivity index (χ4v) is 3.44. The van der Waals surface area contributed by atoms with Crippen molar-refractivity contribution in [2.75, 3.05) is 23.4 Å². The summed E-state index contributed by atoms with van der Waals surface area (Å²) in [4.78, 5) is 50.7. The van der Waals surface area contributed by atoms with Crippen molar-refractivity contribution in [1.82, 2.24) is 5.32 Å². The van der Waals surface area contributed by atoms with Crippen molar-refractivity contribution in [2.45, 2.75) is 6.92 Å². The number of ether oxygens (including phenoxy) is 2. The molecule has 4 rings (SSSR count). The maximum absolute atomic E-state index is 13.0. The van der Waals surface area contributed by atoms with Crippen LogP contribution in [0.15, 0.2) is 84.4 Å². The number of nitrogens with one attached hydrogen (secondary N) is 2. The maximum atomic E-state index is 13.0. The molecule has 1 aliphatic rings. The molecule has 1 aliphatic heterocycles. The molecular formula is C27H23N3O6. The summed E-state index contributed by atoms with van der Waals surface area (Å²) < 4.78 is 10.9. The van der Waals surface area contributed by atoms with E-state index < -0.39 is 17.8 Å². The van der Waals surface area contributed by atoms with E-state index in [9.17, 15) is 19.2 Å². The van der Waals surface area contributed by atoms with Gasteiger partial charge in [0.2, 0.25) is 0 Å². The Morgan fingerprint density at radius 3 is 2.19 bits per heavy atom. The van der Waals surface area contributed by atoms with E-state index in [0.29, 0.717) is 35.0 Å². The third kappa shape index (κ3) is 5.76. The summed E-state index contributed by atoms with van der Waals surface area (Å²) in [6.45, 7) is 2.14. The molecule has 0 spiro atoms. The highest BCUT2D eigenvalue weighted by Gasteiger charge is 2.36. The average Bonchev–Trinajstić information content (AvgIpc) is 2.88. The van der Waals surface area contributed by atoms with Gasteiger partial charge in [0.15, 0.2) is 6.61 Å². The Balaban J connectivity index is 1.43. The van der Waals surface area contributed by atoms with Gasteiger partial charge in [-0.15, -0.1) is 0 Å². The first-order chi connectivity index (χ1) is 17.4. The summed E-state index contributed by atoms with van der Waals surface area (Å²) in [6, 6.07) is 21.1. The topological polar surface area (TPSA) is 114 Å². The molecule has 2 N–H and O–H groups in total. The van der Waals surface area contributed by atoms with E-state index in [1.54, 1.807) is 60.7 Å². The number of hydrogen-bond donors (Lipinski definition) is 2. The molecule has 9 heteroatoms. The Labute approximate surface area is 207 Å². The van der Waals surface area contributed by atoms with Crippen molar-refractivity contribution in [3.8, 4) is 11.5 Å². The Kier molecular flexibility index (Phi) is 7.40. The predicted octanol–water partition coefficient (Wildman–Crippen LogP) is 3.77. The number of amides is 5. The SMILES string of the molecule is CCOc1ccc(N2C(=O)NC(=O)/C(=C\c3ccc(OCC(=O)Nc4ccccc4)cc3)C2=O)cc1. The van der Waals surface area contributed by atoms with Gasteiger partial charge in [-0.3, -0.25) is 19.7 Å². The zero-order valence-corrected chi connectivity index (χ0v) is 19.4. The van der Waals surface area contributed by atoms with Gasteiger partial charge < -0.3 is 14.8 Å². The van der Waals surface area contributed by atoms with Gasteiger partial charge in [-0.25, -0.2) is 9.69 Å². The van der Waals surface area contributed by atoms with Crippen LogP contribution >= 0.6 is 0 Å². The lowest BCUT2D eigenvalue weighted by Crippen LogP contribution is -2.54. The molecule has 0 atom stereocenters. The van der Waals surface area contributed by atoms with Crippen LogP contribution in [-0.4, -0.2) is 37.0 Å². The monoisotopic (exact) mass is 485 g/mol. The zero-order valence-electron chi connectivity index (χ0n) is 19.4. The van der Waals surface area contributed by atoms with Crippen LogP contribution < -0.4 is 25.0 Å². The second-order valence-corrected chi connectivity index (χ2v) is 7.66. The van der Waals surface area contributed by atoms with Crippen LogP contribution in [0.1, 0.15) is 12.5 Å². The van der Waals surface area contributed by atoms with E-state index in [2.05, 4.69) is 10.6 Å². The molecule has 0 unspecified atom stereocenters. The fraction of sp³-hybridized carbons (Fsp3) is 0.111. The number of carbonyl (C=O) groups excluding carboxylic acids is 4. The summed E-state index contributed by atoms with van der Waals surface area (Å²) >= 11 is 0. The van der Waals surface area contributed by atoms with E-state index in [1.165, 1.54) is 6.08 Å². The summed E-state index contributed by atoms with van der Waals surface area (Å²) in [7, 11) is 0. The molecule has 1 fully saturated rings.